The third-order valence-corrected chi connectivity index (χ3v) is 4.26. The molecule has 1 rings (SSSR count). The first-order chi connectivity index (χ1) is 8.23. The second kappa shape index (κ2) is 5.19. The van der Waals surface area contributed by atoms with Gasteiger partial charge in [-0.15, -0.1) is 0 Å². The van der Waals surface area contributed by atoms with Crippen molar-refractivity contribution in [3.8, 4) is 0 Å². The Kier molecular flexibility index (Phi) is 4.28. The molecule has 0 bridgehead atoms. The lowest BCUT2D eigenvalue weighted by molar-refractivity contribution is -0.127. The molecule has 1 aliphatic carbocycles. The Labute approximate surface area is 109 Å². The van der Waals surface area contributed by atoms with Crippen molar-refractivity contribution in [3.05, 3.63) is 23.8 Å². The van der Waals surface area contributed by atoms with Crippen LogP contribution in [0, 0.1) is 10.8 Å². The van der Waals surface area contributed by atoms with Crippen molar-refractivity contribution in [1.82, 2.24) is 0 Å². The van der Waals surface area contributed by atoms with Crippen LogP contribution in [0.3, 0.4) is 0 Å². The van der Waals surface area contributed by atoms with Crippen LogP contribution in [-0.4, -0.2) is 23.3 Å². The number of aldehydes is 1. The molecular weight excluding hydrogens is 228 g/mol. The van der Waals surface area contributed by atoms with E-state index in [9.17, 15) is 14.7 Å². The van der Waals surface area contributed by atoms with Crippen molar-refractivity contribution in [2.75, 3.05) is 0 Å². The molecule has 3 heteroatoms. The van der Waals surface area contributed by atoms with E-state index in [0.29, 0.717) is 19.1 Å². The minimum Gasteiger partial charge on any atom is -0.393 e. The number of aliphatic hydroxyl groups is 1. The van der Waals surface area contributed by atoms with E-state index in [4.69, 9.17) is 0 Å². The van der Waals surface area contributed by atoms with Crippen LogP contribution in [-0.2, 0) is 9.59 Å². The van der Waals surface area contributed by atoms with Gasteiger partial charge in [-0.25, -0.2) is 0 Å². The Morgan fingerprint density at radius 2 is 1.83 bits per heavy atom. The zero-order chi connectivity index (χ0) is 14.0. The summed E-state index contributed by atoms with van der Waals surface area (Å²) in [7, 11) is 0. The number of carbonyl (C=O) groups is 2. The van der Waals surface area contributed by atoms with Crippen LogP contribution in [0.5, 0.6) is 0 Å². The third-order valence-electron chi connectivity index (χ3n) is 4.26. The van der Waals surface area contributed by atoms with E-state index in [1.807, 2.05) is 20.8 Å². The quantitative estimate of drug-likeness (QED) is 0.473. The van der Waals surface area contributed by atoms with E-state index in [2.05, 4.69) is 0 Å². The lowest BCUT2D eigenvalue weighted by atomic mass is 9.66. The zero-order valence-electron chi connectivity index (χ0n) is 11.6. The minimum atomic E-state index is -0.537. The molecule has 0 aromatic rings. The standard InChI is InChI=1S/C15H22O3/c1-11(7-8-16)5-6-13(18)15(4)10-12(17)9-14(15,2)3/h5-8,12,17H,9-10H2,1-4H3/b6-5+,11-7+/t12?,15-/m0/s1. The molecule has 0 aliphatic heterocycles. The maximum Gasteiger partial charge on any atom is 0.162 e. The van der Waals surface area contributed by atoms with Crippen molar-refractivity contribution in [2.24, 2.45) is 10.8 Å². The molecule has 18 heavy (non-hydrogen) atoms. The Bertz CT molecular complexity index is 404. The summed E-state index contributed by atoms with van der Waals surface area (Å²) in [5.41, 5.74) is -0.00108. The smallest absolute Gasteiger partial charge is 0.162 e. The van der Waals surface area contributed by atoms with E-state index in [1.54, 1.807) is 13.0 Å². The van der Waals surface area contributed by atoms with Crippen LogP contribution in [0.4, 0.5) is 0 Å². The van der Waals surface area contributed by atoms with E-state index < -0.39 is 11.5 Å². The molecule has 0 radical (unpaired) electrons. The summed E-state index contributed by atoms with van der Waals surface area (Å²) < 4.78 is 0. The number of hydrogen-bond acceptors (Lipinski definition) is 3. The second-order valence-corrected chi connectivity index (χ2v) is 6.02. The van der Waals surface area contributed by atoms with Gasteiger partial charge < -0.3 is 5.11 Å². The van der Waals surface area contributed by atoms with Gasteiger partial charge >= 0.3 is 0 Å². The zero-order valence-corrected chi connectivity index (χ0v) is 11.6. The Morgan fingerprint density at radius 3 is 2.28 bits per heavy atom. The van der Waals surface area contributed by atoms with Gasteiger partial charge in [0.2, 0.25) is 0 Å². The summed E-state index contributed by atoms with van der Waals surface area (Å²) in [6.07, 6.45) is 6.04. The average molecular weight is 250 g/mol. The summed E-state index contributed by atoms with van der Waals surface area (Å²) in [5, 5.41) is 9.78. The van der Waals surface area contributed by atoms with Crippen LogP contribution < -0.4 is 0 Å². The molecule has 1 aliphatic rings. The molecule has 0 aromatic carbocycles. The van der Waals surface area contributed by atoms with Gasteiger partial charge in [0.15, 0.2) is 5.78 Å². The minimum absolute atomic E-state index is 0.0164. The molecule has 100 valence electrons. The van der Waals surface area contributed by atoms with Crippen molar-refractivity contribution in [3.63, 3.8) is 0 Å². The van der Waals surface area contributed by atoms with Crippen molar-refractivity contribution >= 4 is 12.1 Å². The normalized spacial score (nSPS) is 31.8. The summed E-state index contributed by atoms with van der Waals surface area (Å²) in [4.78, 5) is 22.6. The lowest BCUT2D eigenvalue weighted by Gasteiger charge is -2.35. The second-order valence-electron chi connectivity index (χ2n) is 6.02. The predicted octanol–water partition coefficient (Wildman–Crippen LogP) is 2.44. The van der Waals surface area contributed by atoms with Crippen molar-refractivity contribution in [2.45, 2.75) is 46.6 Å². The average Bonchev–Trinajstić information content (AvgIpc) is 2.45. The molecule has 0 heterocycles. The number of hydrogen-bond donors (Lipinski definition) is 1. The highest BCUT2D eigenvalue weighted by atomic mass is 16.3. The fraction of sp³-hybridized carbons (Fsp3) is 0.600. The van der Waals surface area contributed by atoms with Gasteiger partial charge in [0, 0.05) is 5.41 Å². The molecule has 2 atom stereocenters. The summed E-state index contributed by atoms with van der Waals surface area (Å²) >= 11 is 0. The molecule has 1 unspecified atom stereocenters. The van der Waals surface area contributed by atoms with Gasteiger partial charge in [0.05, 0.1) is 6.10 Å². The first kappa shape index (κ1) is 14.8. The lowest BCUT2D eigenvalue weighted by Crippen LogP contribution is -2.36. The molecule has 1 N–H and O–H groups in total. The first-order valence-electron chi connectivity index (χ1n) is 6.25. The largest absolute Gasteiger partial charge is 0.393 e. The van der Waals surface area contributed by atoms with Crippen molar-refractivity contribution < 1.29 is 14.7 Å². The number of rotatable bonds is 4. The number of aliphatic hydroxyl groups excluding tert-OH is 1. The molecule has 0 aromatic heterocycles. The molecule has 0 spiro atoms. The summed E-state index contributed by atoms with van der Waals surface area (Å²) in [6, 6.07) is 0. The van der Waals surface area contributed by atoms with E-state index in [-0.39, 0.29) is 11.2 Å². The fourth-order valence-electron chi connectivity index (χ4n) is 2.62. The van der Waals surface area contributed by atoms with Gasteiger partial charge in [-0.05, 0) is 42.9 Å². The van der Waals surface area contributed by atoms with Gasteiger partial charge in [0.25, 0.3) is 0 Å². The number of allylic oxidation sites excluding steroid dienone is 4. The SMILES string of the molecule is CC(/C=C/C(=O)[C@]1(C)CC(O)CC1(C)C)=C\C=O. The number of ketones is 1. The fourth-order valence-corrected chi connectivity index (χ4v) is 2.62. The molecule has 1 saturated carbocycles. The van der Waals surface area contributed by atoms with Crippen LogP contribution in [0.15, 0.2) is 23.8 Å². The van der Waals surface area contributed by atoms with Crippen LogP contribution in [0.25, 0.3) is 0 Å². The molecule has 0 amide bonds. The molecule has 0 saturated heterocycles. The highest BCUT2D eigenvalue weighted by Gasteiger charge is 2.52. The topological polar surface area (TPSA) is 54.4 Å². The van der Waals surface area contributed by atoms with Gasteiger partial charge in [-0.2, -0.15) is 0 Å². The monoisotopic (exact) mass is 250 g/mol. The highest BCUT2D eigenvalue weighted by Crippen LogP contribution is 2.53. The van der Waals surface area contributed by atoms with Crippen molar-refractivity contribution in [1.29, 1.82) is 0 Å². The van der Waals surface area contributed by atoms with Crippen LogP contribution in [0.1, 0.15) is 40.5 Å². The van der Waals surface area contributed by atoms with Gasteiger partial charge in [-0.1, -0.05) is 26.8 Å². The maximum atomic E-state index is 12.3. The van der Waals surface area contributed by atoms with E-state index in [1.165, 1.54) is 12.2 Å². The molecule has 1 fully saturated rings. The highest BCUT2D eigenvalue weighted by molar-refractivity contribution is 5.96. The molecular formula is C15H22O3. The third kappa shape index (κ3) is 2.78. The summed E-state index contributed by atoms with van der Waals surface area (Å²) in [5.74, 6) is 0.0164. The van der Waals surface area contributed by atoms with E-state index in [0.717, 1.165) is 5.57 Å². The Morgan fingerprint density at radius 1 is 1.22 bits per heavy atom. The van der Waals surface area contributed by atoms with Crippen LogP contribution in [0.2, 0.25) is 0 Å². The van der Waals surface area contributed by atoms with Gasteiger partial charge in [0.1, 0.15) is 6.29 Å². The van der Waals surface area contributed by atoms with Crippen LogP contribution >= 0.6 is 0 Å². The van der Waals surface area contributed by atoms with E-state index >= 15 is 0 Å². The number of carbonyl (C=O) groups excluding carboxylic acids is 2. The Balaban J connectivity index is 2.90. The Hall–Kier alpha value is -1.22. The maximum absolute atomic E-state index is 12.3. The van der Waals surface area contributed by atoms with Gasteiger partial charge in [-0.3, -0.25) is 9.59 Å². The summed E-state index contributed by atoms with van der Waals surface area (Å²) in [6.45, 7) is 7.72. The predicted molar refractivity (Wildman–Crippen MR) is 71.1 cm³/mol. The first-order valence-corrected chi connectivity index (χ1v) is 6.25. The molecule has 3 nitrogen and oxygen atoms in total.